The molecule has 1 aromatic heterocycles. The van der Waals surface area contributed by atoms with Gasteiger partial charge in [-0.05, 0) is 6.07 Å². The van der Waals surface area contributed by atoms with Gasteiger partial charge in [0.15, 0.2) is 0 Å². The van der Waals surface area contributed by atoms with Crippen molar-refractivity contribution >= 4 is 23.0 Å². The molecular formula is C7H9NO3S. The van der Waals surface area contributed by atoms with E-state index in [0.29, 0.717) is 15.4 Å². The van der Waals surface area contributed by atoms with E-state index in [0.717, 1.165) is 11.3 Å². The lowest BCUT2D eigenvalue weighted by Crippen LogP contribution is -2.00. The van der Waals surface area contributed by atoms with Crippen LogP contribution < -0.4 is 5.73 Å². The maximum absolute atomic E-state index is 11.0. The number of thiophene rings is 1. The fourth-order valence-electron chi connectivity index (χ4n) is 0.789. The first-order valence-electron chi connectivity index (χ1n) is 3.26. The number of methoxy groups -OCH3 is 1. The van der Waals surface area contributed by atoms with Crippen LogP contribution in [0.4, 0.5) is 5.69 Å². The molecule has 0 atom stereocenters. The molecule has 0 saturated heterocycles. The van der Waals surface area contributed by atoms with Crippen molar-refractivity contribution in [1.29, 1.82) is 0 Å². The summed E-state index contributed by atoms with van der Waals surface area (Å²) in [7, 11) is 1.29. The summed E-state index contributed by atoms with van der Waals surface area (Å²) in [5.41, 5.74) is 5.85. The second-order valence-corrected chi connectivity index (χ2v) is 3.28. The largest absolute Gasteiger partial charge is 0.465 e. The summed E-state index contributed by atoms with van der Waals surface area (Å²) in [6, 6.07) is 1.57. The topological polar surface area (TPSA) is 72.5 Å². The molecular weight excluding hydrogens is 178 g/mol. The number of rotatable bonds is 2. The number of nitrogens with two attached hydrogens (primary N) is 1. The summed E-state index contributed by atoms with van der Waals surface area (Å²) >= 11 is 1.14. The van der Waals surface area contributed by atoms with Crippen molar-refractivity contribution in [2.45, 2.75) is 6.61 Å². The minimum Gasteiger partial charge on any atom is -0.465 e. The number of aliphatic hydroxyl groups excluding tert-OH is 1. The summed E-state index contributed by atoms with van der Waals surface area (Å²) in [5.74, 6) is -0.461. The van der Waals surface area contributed by atoms with Crippen LogP contribution in [0.2, 0.25) is 0 Å². The van der Waals surface area contributed by atoms with Crippen molar-refractivity contribution in [3.63, 3.8) is 0 Å². The molecule has 0 bridgehead atoms. The molecule has 0 spiro atoms. The van der Waals surface area contributed by atoms with E-state index < -0.39 is 5.97 Å². The van der Waals surface area contributed by atoms with Gasteiger partial charge in [0.25, 0.3) is 0 Å². The molecule has 66 valence electrons. The van der Waals surface area contributed by atoms with Gasteiger partial charge in [0.1, 0.15) is 4.88 Å². The van der Waals surface area contributed by atoms with Crippen molar-refractivity contribution in [3.8, 4) is 0 Å². The van der Waals surface area contributed by atoms with Crippen LogP contribution in [0.15, 0.2) is 6.07 Å². The molecule has 0 fully saturated rings. The highest BCUT2D eigenvalue weighted by Crippen LogP contribution is 2.25. The molecule has 0 aliphatic rings. The number of hydrogen-bond acceptors (Lipinski definition) is 5. The van der Waals surface area contributed by atoms with Gasteiger partial charge in [-0.25, -0.2) is 4.79 Å². The van der Waals surface area contributed by atoms with E-state index in [1.54, 1.807) is 6.07 Å². The number of nitrogen functional groups attached to an aromatic ring is 1. The highest BCUT2D eigenvalue weighted by molar-refractivity contribution is 7.14. The highest BCUT2D eigenvalue weighted by atomic mass is 32.1. The second kappa shape index (κ2) is 3.55. The zero-order valence-electron chi connectivity index (χ0n) is 6.53. The molecule has 0 radical (unpaired) electrons. The summed E-state index contributed by atoms with van der Waals surface area (Å²) in [6.45, 7) is -0.105. The molecule has 0 aliphatic carbocycles. The summed E-state index contributed by atoms with van der Waals surface area (Å²) in [6.07, 6.45) is 0. The lowest BCUT2D eigenvalue weighted by molar-refractivity contribution is 0.0607. The van der Waals surface area contributed by atoms with E-state index >= 15 is 0 Å². The number of carbonyl (C=O) groups is 1. The average Bonchev–Trinajstić information content (AvgIpc) is 2.45. The van der Waals surface area contributed by atoms with Gasteiger partial charge in [0.2, 0.25) is 0 Å². The number of carbonyl (C=O) groups excluding carboxylic acids is 1. The van der Waals surface area contributed by atoms with Crippen molar-refractivity contribution in [3.05, 3.63) is 15.8 Å². The van der Waals surface area contributed by atoms with Crippen LogP contribution >= 0.6 is 11.3 Å². The molecule has 0 aliphatic heterocycles. The minimum atomic E-state index is -0.461. The minimum absolute atomic E-state index is 0.105. The number of anilines is 1. The Morgan fingerprint density at radius 1 is 1.83 bits per heavy atom. The monoisotopic (exact) mass is 187 g/mol. The SMILES string of the molecule is COC(=O)c1sc(CO)cc1N. The first-order chi connectivity index (χ1) is 5.69. The van der Waals surface area contributed by atoms with E-state index in [9.17, 15) is 4.79 Å². The lowest BCUT2D eigenvalue weighted by Gasteiger charge is -1.94. The average molecular weight is 187 g/mol. The van der Waals surface area contributed by atoms with Crippen LogP contribution in [0.5, 0.6) is 0 Å². The Kier molecular flexibility index (Phi) is 2.67. The summed E-state index contributed by atoms with van der Waals surface area (Å²) < 4.78 is 4.48. The number of hydrogen-bond donors (Lipinski definition) is 2. The van der Waals surface area contributed by atoms with Crippen LogP contribution in [0.25, 0.3) is 0 Å². The quantitative estimate of drug-likeness (QED) is 0.665. The normalized spacial score (nSPS) is 9.83. The molecule has 0 aromatic carbocycles. The lowest BCUT2D eigenvalue weighted by atomic mass is 10.3. The van der Waals surface area contributed by atoms with E-state index in [1.807, 2.05) is 0 Å². The highest BCUT2D eigenvalue weighted by Gasteiger charge is 2.13. The fourth-order valence-corrected chi connectivity index (χ4v) is 1.64. The second-order valence-electron chi connectivity index (χ2n) is 2.15. The Balaban J connectivity index is 2.99. The molecule has 0 amide bonds. The molecule has 4 nitrogen and oxygen atoms in total. The predicted octanol–water partition coefficient (Wildman–Crippen LogP) is 0.609. The Hall–Kier alpha value is -1.07. The first-order valence-corrected chi connectivity index (χ1v) is 4.08. The predicted molar refractivity (Wildman–Crippen MR) is 46.0 cm³/mol. The van der Waals surface area contributed by atoms with Crippen LogP contribution in [-0.4, -0.2) is 18.2 Å². The number of ether oxygens (including phenoxy) is 1. The molecule has 1 heterocycles. The molecule has 3 N–H and O–H groups in total. The molecule has 0 saturated carbocycles. The van der Waals surface area contributed by atoms with Crippen molar-refractivity contribution in [2.24, 2.45) is 0 Å². The third kappa shape index (κ3) is 1.57. The van der Waals surface area contributed by atoms with E-state index in [2.05, 4.69) is 4.74 Å². The van der Waals surface area contributed by atoms with Gasteiger partial charge in [-0.1, -0.05) is 0 Å². The van der Waals surface area contributed by atoms with Gasteiger partial charge in [-0.2, -0.15) is 0 Å². The van der Waals surface area contributed by atoms with Crippen molar-refractivity contribution < 1.29 is 14.6 Å². The summed E-state index contributed by atoms with van der Waals surface area (Å²) in [5, 5.41) is 8.73. The van der Waals surface area contributed by atoms with E-state index in [1.165, 1.54) is 7.11 Å². The fraction of sp³-hybridized carbons (Fsp3) is 0.286. The number of esters is 1. The molecule has 5 heteroatoms. The zero-order valence-corrected chi connectivity index (χ0v) is 7.35. The van der Waals surface area contributed by atoms with E-state index in [-0.39, 0.29) is 6.61 Å². The smallest absolute Gasteiger partial charge is 0.350 e. The van der Waals surface area contributed by atoms with Gasteiger partial charge >= 0.3 is 5.97 Å². The first kappa shape index (κ1) is 9.02. The standard InChI is InChI=1S/C7H9NO3S/c1-11-7(10)6-5(8)2-4(3-9)12-6/h2,9H,3,8H2,1H3. The van der Waals surface area contributed by atoms with Crippen molar-refractivity contribution in [2.75, 3.05) is 12.8 Å². The van der Waals surface area contributed by atoms with Crippen LogP contribution in [-0.2, 0) is 11.3 Å². The molecule has 12 heavy (non-hydrogen) atoms. The molecule has 0 unspecified atom stereocenters. The van der Waals surface area contributed by atoms with E-state index in [4.69, 9.17) is 10.8 Å². The Morgan fingerprint density at radius 2 is 2.50 bits per heavy atom. The van der Waals surface area contributed by atoms with Gasteiger partial charge in [0, 0.05) is 4.88 Å². The van der Waals surface area contributed by atoms with Gasteiger partial charge < -0.3 is 15.6 Å². The maximum atomic E-state index is 11.0. The van der Waals surface area contributed by atoms with Crippen LogP contribution in [0, 0.1) is 0 Å². The van der Waals surface area contributed by atoms with Crippen molar-refractivity contribution in [1.82, 2.24) is 0 Å². The van der Waals surface area contributed by atoms with Gasteiger partial charge in [-0.3, -0.25) is 0 Å². The van der Waals surface area contributed by atoms with Crippen LogP contribution in [0.3, 0.4) is 0 Å². The van der Waals surface area contributed by atoms with Gasteiger partial charge in [-0.15, -0.1) is 11.3 Å². The Labute approximate surface area is 73.6 Å². The third-order valence-corrected chi connectivity index (χ3v) is 2.45. The Morgan fingerprint density at radius 3 is 2.92 bits per heavy atom. The van der Waals surface area contributed by atoms with Gasteiger partial charge in [0.05, 0.1) is 19.4 Å². The molecule has 1 rings (SSSR count). The third-order valence-electron chi connectivity index (χ3n) is 1.34. The maximum Gasteiger partial charge on any atom is 0.350 e. The zero-order chi connectivity index (χ0) is 9.14. The Bertz CT molecular complexity index is 295. The summed E-state index contributed by atoms with van der Waals surface area (Å²) in [4.78, 5) is 12.0. The number of aliphatic hydroxyl groups is 1. The van der Waals surface area contributed by atoms with Crippen LogP contribution in [0.1, 0.15) is 14.5 Å². The molecule has 1 aromatic rings.